The lowest BCUT2D eigenvalue weighted by Crippen LogP contribution is -1.93. The molecule has 5 heteroatoms. The number of hydrogen-bond acceptors (Lipinski definition) is 2. The molecule has 2 aromatic rings. The highest BCUT2D eigenvalue weighted by Crippen LogP contribution is 2.20. The molecule has 0 fully saturated rings. The summed E-state index contributed by atoms with van der Waals surface area (Å²) in [6.07, 6.45) is 2.10. The van der Waals surface area contributed by atoms with Crippen LogP contribution < -0.4 is 0 Å². The average Bonchev–Trinajstić information content (AvgIpc) is 2.15. The highest BCUT2D eigenvalue weighted by atomic mass is 19.2. The maximum atomic E-state index is 13.0. The third-order valence-electron chi connectivity index (χ3n) is 1.64. The van der Waals surface area contributed by atoms with E-state index in [2.05, 4.69) is 9.97 Å². The molecule has 0 unspecified atom stereocenters. The Labute approximate surface area is 71.0 Å². The van der Waals surface area contributed by atoms with E-state index in [0.29, 0.717) is 6.07 Å². The molecule has 0 radical (unpaired) electrons. The lowest BCUT2D eigenvalue weighted by atomic mass is 10.2. The Hall–Kier alpha value is -1.65. The molecule has 0 aliphatic heterocycles. The topological polar surface area (TPSA) is 25.8 Å². The van der Waals surface area contributed by atoms with Crippen LogP contribution in [0.5, 0.6) is 0 Å². The van der Waals surface area contributed by atoms with E-state index in [9.17, 15) is 13.2 Å². The summed E-state index contributed by atoms with van der Waals surface area (Å²) in [5.41, 5.74) is -0.214. The molecule has 1 aromatic carbocycles. The van der Waals surface area contributed by atoms with Crippen molar-refractivity contribution in [2.75, 3.05) is 0 Å². The molecule has 0 bridgehead atoms. The van der Waals surface area contributed by atoms with Gasteiger partial charge in [-0.15, -0.1) is 0 Å². The van der Waals surface area contributed by atoms with Crippen molar-refractivity contribution in [3.63, 3.8) is 0 Å². The lowest BCUT2D eigenvalue weighted by molar-refractivity contribution is 0.505. The molecule has 0 aliphatic rings. The molecule has 13 heavy (non-hydrogen) atoms. The van der Waals surface area contributed by atoms with E-state index < -0.39 is 17.5 Å². The molecule has 0 N–H and O–H groups in total. The van der Waals surface area contributed by atoms with Gasteiger partial charge in [0.1, 0.15) is 11.8 Å². The number of fused-ring (bicyclic) bond motifs is 1. The number of benzene rings is 1. The molecule has 0 saturated heterocycles. The molecule has 0 amide bonds. The van der Waals surface area contributed by atoms with Gasteiger partial charge in [0.05, 0.1) is 5.39 Å². The molecule has 66 valence electrons. The first kappa shape index (κ1) is 7.97. The highest BCUT2D eigenvalue weighted by molar-refractivity contribution is 5.78. The SMILES string of the molecule is Fc1cc(F)c2ncncc2c1F. The monoisotopic (exact) mass is 184 g/mol. The predicted octanol–water partition coefficient (Wildman–Crippen LogP) is 2.05. The summed E-state index contributed by atoms with van der Waals surface area (Å²) in [5, 5.41) is -0.250. The fraction of sp³-hybridized carbons (Fsp3) is 0. The maximum absolute atomic E-state index is 13.0. The van der Waals surface area contributed by atoms with Gasteiger partial charge in [-0.25, -0.2) is 23.1 Å². The van der Waals surface area contributed by atoms with Crippen LogP contribution in [0.15, 0.2) is 18.6 Å². The summed E-state index contributed by atoms with van der Waals surface area (Å²) >= 11 is 0. The van der Waals surface area contributed by atoms with Gasteiger partial charge >= 0.3 is 0 Å². The molecular formula is C8H3F3N2. The average molecular weight is 184 g/mol. The molecule has 2 nitrogen and oxygen atoms in total. The van der Waals surface area contributed by atoms with Gasteiger partial charge in [0.15, 0.2) is 17.5 Å². The van der Waals surface area contributed by atoms with Gasteiger partial charge in [-0.1, -0.05) is 0 Å². The van der Waals surface area contributed by atoms with Gasteiger partial charge in [-0.3, -0.25) is 0 Å². The summed E-state index contributed by atoms with van der Waals surface area (Å²) in [6, 6.07) is 0.463. The molecule has 0 atom stereocenters. The minimum Gasteiger partial charge on any atom is -0.244 e. The fourth-order valence-corrected chi connectivity index (χ4v) is 1.05. The van der Waals surface area contributed by atoms with E-state index in [4.69, 9.17) is 0 Å². The molecule has 0 aliphatic carbocycles. The van der Waals surface area contributed by atoms with Gasteiger partial charge in [0.25, 0.3) is 0 Å². The summed E-state index contributed by atoms with van der Waals surface area (Å²) in [6.45, 7) is 0. The van der Waals surface area contributed by atoms with Gasteiger partial charge in [-0.05, 0) is 0 Å². The molecule has 2 rings (SSSR count). The zero-order chi connectivity index (χ0) is 9.42. The number of halogens is 3. The number of hydrogen-bond donors (Lipinski definition) is 0. The second-order valence-electron chi connectivity index (χ2n) is 2.44. The van der Waals surface area contributed by atoms with Crippen LogP contribution in [-0.2, 0) is 0 Å². The number of rotatable bonds is 0. The first-order valence-electron chi connectivity index (χ1n) is 3.43. The number of aromatic nitrogens is 2. The van der Waals surface area contributed by atoms with Gasteiger partial charge < -0.3 is 0 Å². The van der Waals surface area contributed by atoms with Crippen LogP contribution in [0, 0.1) is 17.5 Å². The van der Waals surface area contributed by atoms with Crippen molar-refractivity contribution in [2.24, 2.45) is 0 Å². The van der Waals surface area contributed by atoms with E-state index in [1.165, 1.54) is 0 Å². The zero-order valence-corrected chi connectivity index (χ0v) is 6.26. The van der Waals surface area contributed by atoms with E-state index >= 15 is 0 Å². The third-order valence-corrected chi connectivity index (χ3v) is 1.64. The second kappa shape index (κ2) is 2.69. The maximum Gasteiger partial charge on any atom is 0.169 e. The summed E-state index contributed by atoms with van der Waals surface area (Å²) in [5.74, 6) is -3.26. The minimum absolute atomic E-state index is 0.214. The zero-order valence-electron chi connectivity index (χ0n) is 6.26. The highest BCUT2D eigenvalue weighted by Gasteiger charge is 2.12. The van der Waals surface area contributed by atoms with Gasteiger partial charge in [0.2, 0.25) is 0 Å². The van der Waals surface area contributed by atoms with Crippen LogP contribution >= 0.6 is 0 Å². The van der Waals surface area contributed by atoms with Crippen LogP contribution in [0.3, 0.4) is 0 Å². The van der Waals surface area contributed by atoms with Crippen LogP contribution in [0.2, 0.25) is 0 Å². The van der Waals surface area contributed by atoms with Crippen LogP contribution in [0.25, 0.3) is 10.9 Å². The molecule has 1 aromatic heterocycles. The summed E-state index contributed by atoms with van der Waals surface area (Å²) < 4.78 is 38.5. The normalized spacial score (nSPS) is 10.7. The lowest BCUT2D eigenvalue weighted by Gasteiger charge is -1.99. The Morgan fingerprint density at radius 1 is 1.08 bits per heavy atom. The van der Waals surface area contributed by atoms with E-state index in [-0.39, 0.29) is 10.9 Å². The van der Waals surface area contributed by atoms with Gasteiger partial charge in [-0.2, -0.15) is 0 Å². The fourth-order valence-electron chi connectivity index (χ4n) is 1.05. The Balaban J connectivity index is 2.97. The molecule has 1 heterocycles. The first-order valence-corrected chi connectivity index (χ1v) is 3.43. The Kier molecular flexibility index (Phi) is 1.65. The first-order chi connectivity index (χ1) is 6.20. The Morgan fingerprint density at radius 3 is 2.62 bits per heavy atom. The van der Waals surface area contributed by atoms with E-state index in [0.717, 1.165) is 12.5 Å². The van der Waals surface area contributed by atoms with Crippen molar-refractivity contribution < 1.29 is 13.2 Å². The van der Waals surface area contributed by atoms with Crippen LogP contribution in [0.1, 0.15) is 0 Å². The quantitative estimate of drug-likeness (QED) is 0.585. The Morgan fingerprint density at radius 2 is 1.85 bits per heavy atom. The molecule has 0 saturated carbocycles. The standard InChI is InChI=1S/C8H3F3N2/c9-5-1-6(10)8-4(7(5)11)2-12-3-13-8/h1-3H. The third kappa shape index (κ3) is 1.12. The largest absolute Gasteiger partial charge is 0.244 e. The van der Waals surface area contributed by atoms with Crippen molar-refractivity contribution >= 4 is 10.9 Å². The summed E-state index contributed by atoms with van der Waals surface area (Å²) in [7, 11) is 0. The predicted molar refractivity (Wildman–Crippen MR) is 39.4 cm³/mol. The van der Waals surface area contributed by atoms with Crippen molar-refractivity contribution in [2.45, 2.75) is 0 Å². The van der Waals surface area contributed by atoms with Crippen LogP contribution in [-0.4, -0.2) is 9.97 Å². The van der Waals surface area contributed by atoms with E-state index in [1.54, 1.807) is 0 Å². The van der Waals surface area contributed by atoms with Crippen molar-refractivity contribution in [3.05, 3.63) is 36.0 Å². The van der Waals surface area contributed by atoms with Gasteiger partial charge in [0, 0.05) is 12.3 Å². The van der Waals surface area contributed by atoms with Crippen molar-refractivity contribution in [1.82, 2.24) is 9.97 Å². The van der Waals surface area contributed by atoms with E-state index in [1.807, 2.05) is 0 Å². The second-order valence-corrected chi connectivity index (χ2v) is 2.44. The van der Waals surface area contributed by atoms with Crippen LogP contribution in [0.4, 0.5) is 13.2 Å². The smallest absolute Gasteiger partial charge is 0.169 e. The minimum atomic E-state index is -1.24. The summed E-state index contributed by atoms with van der Waals surface area (Å²) in [4.78, 5) is 6.96. The van der Waals surface area contributed by atoms with Crippen molar-refractivity contribution in [3.8, 4) is 0 Å². The Bertz CT molecular complexity index is 470. The number of nitrogens with zero attached hydrogens (tertiary/aromatic N) is 2. The molecular weight excluding hydrogens is 181 g/mol. The molecule has 0 spiro atoms. The van der Waals surface area contributed by atoms with Crippen molar-refractivity contribution in [1.29, 1.82) is 0 Å².